The molecular formula is C15H26N2O. The van der Waals surface area contributed by atoms with Crippen molar-refractivity contribution in [3.05, 3.63) is 0 Å². The van der Waals surface area contributed by atoms with E-state index in [2.05, 4.69) is 17.9 Å². The minimum Gasteiger partial charge on any atom is -0.380 e. The van der Waals surface area contributed by atoms with E-state index in [1.165, 1.54) is 32.1 Å². The molecule has 1 heterocycles. The van der Waals surface area contributed by atoms with Crippen molar-refractivity contribution in [1.82, 2.24) is 4.90 Å². The standard InChI is InChI=1S/C15H26N2O/c1-3-12-6-7-13(10-16)15(9-12)17-8-4-5-14(11-17)18-2/h12-15H,3-9,11H2,1-2H3. The van der Waals surface area contributed by atoms with Crippen LogP contribution in [0.2, 0.25) is 0 Å². The van der Waals surface area contributed by atoms with Gasteiger partial charge in [0.2, 0.25) is 0 Å². The summed E-state index contributed by atoms with van der Waals surface area (Å²) in [5.74, 6) is 1.06. The van der Waals surface area contributed by atoms with E-state index in [1.54, 1.807) is 0 Å². The number of piperidine rings is 1. The molecule has 102 valence electrons. The summed E-state index contributed by atoms with van der Waals surface area (Å²) in [5.41, 5.74) is 0. The zero-order valence-electron chi connectivity index (χ0n) is 11.8. The molecule has 2 aliphatic rings. The fourth-order valence-corrected chi connectivity index (χ4v) is 3.62. The maximum atomic E-state index is 9.37. The largest absolute Gasteiger partial charge is 0.380 e. The highest BCUT2D eigenvalue weighted by Crippen LogP contribution is 2.35. The lowest BCUT2D eigenvalue weighted by Crippen LogP contribution is -2.50. The SMILES string of the molecule is CCC1CCC(C#N)C(N2CCCC(OC)C2)C1. The number of nitriles is 1. The Morgan fingerprint density at radius 2 is 2.17 bits per heavy atom. The molecule has 2 rings (SSSR count). The topological polar surface area (TPSA) is 36.3 Å². The van der Waals surface area contributed by atoms with Crippen LogP contribution in [-0.2, 0) is 4.74 Å². The Bertz CT molecular complexity index is 299. The second kappa shape index (κ2) is 6.54. The van der Waals surface area contributed by atoms with Crippen molar-refractivity contribution in [2.24, 2.45) is 11.8 Å². The molecular weight excluding hydrogens is 224 g/mol. The van der Waals surface area contributed by atoms with Crippen molar-refractivity contribution in [3.63, 3.8) is 0 Å². The Labute approximate surface area is 111 Å². The quantitative estimate of drug-likeness (QED) is 0.773. The highest BCUT2D eigenvalue weighted by atomic mass is 16.5. The van der Waals surface area contributed by atoms with E-state index in [0.717, 1.165) is 25.4 Å². The molecule has 3 nitrogen and oxygen atoms in total. The van der Waals surface area contributed by atoms with Gasteiger partial charge in [0.1, 0.15) is 0 Å². The molecule has 4 unspecified atom stereocenters. The van der Waals surface area contributed by atoms with Crippen LogP contribution < -0.4 is 0 Å². The maximum absolute atomic E-state index is 9.37. The van der Waals surface area contributed by atoms with Gasteiger partial charge in [0.25, 0.3) is 0 Å². The predicted molar refractivity (Wildman–Crippen MR) is 72.1 cm³/mol. The summed E-state index contributed by atoms with van der Waals surface area (Å²) in [6.07, 6.45) is 7.57. The summed E-state index contributed by atoms with van der Waals surface area (Å²) in [4.78, 5) is 2.54. The number of hydrogen-bond donors (Lipinski definition) is 0. The molecule has 0 N–H and O–H groups in total. The molecule has 1 saturated heterocycles. The first-order valence-corrected chi connectivity index (χ1v) is 7.45. The van der Waals surface area contributed by atoms with Crippen LogP contribution in [0.4, 0.5) is 0 Å². The van der Waals surface area contributed by atoms with Gasteiger partial charge < -0.3 is 4.74 Å². The van der Waals surface area contributed by atoms with Gasteiger partial charge in [-0.15, -0.1) is 0 Å². The zero-order chi connectivity index (χ0) is 13.0. The van der Waals surface area contributed by atoms with Crippen molar-refractivity contribution >= 4 is 0 Å². The molecule has 0 aromatic carbocycles. The molecule has 2 fully saturated rings. The molecule has 0 aromatic heterocycles. The van der Waals surface area contributed by atoms with Crippen LogP contribution in [-0.4, -0.2) is 37.2 Å². The Kier molecular flexibility index (Phi) is 5.03. The van der Waals surface area contributed by atoms with Crippen LogP contribution in [0.15, 0.2) is 0 Å². The lowest BCUT2D eigenvalue weighted by molar-refractivity contribution is -0.00589. The third-order valence-corrected chi connectivity index (χ3v) is 4.88. The summed E-state index contributed by atoms with van der Waals surface area (Å²) in [6, 6.07) is 3.02. The summed E-state index contributed by atoms with van der Waals surface area (Å²) >= 11 is 0. The fourth-order valence-electron chi connectivity index (χ4n) is 3.62. The minimum absolute atomic E-state index is 0.239. The number of nitrogens with zero attached hydrogens (tertiary/aromatic N) is 2. The number of rotatable bonds is 3. The van der Waals surface area contributed by atoms with Crippen molar-refractivity contribution in [3.8, 4) is 6.07 Å². The Balaban J connectivity index is 2.01. The molecule has 4 atom stereocenters. The van der Waals surface area contributed by atoms with Gasteiger partial charge in [0.15, 0.2) is 0 Å². The van der Waals surface area contributed by atoms with Gasteiger partial charge in [0, 0.05) is 19.7 Å². The van der Waals surface area contributed by atoms with E-state index in [-0.39, 0.29) is 5.92 Å². The van der Waals surface area contributed by atoms with E-state index in [1.807, 2.05) is 7.11 Å². The van der Waals surface area contributed by atoms with Crippen LogP contribution in [0.5, 0.6) is 0 Å². The average Bonchev–Trinajstić information content (AvgIpc) is 2.46. The highest BCUT2D eigenvalue weighted by Gasteiger charge is 2.35. The zero-order valence-corrected chi connectivity index (χ0v) is 11.8. The number of hydrogen-bond acceptors (Lipinski definition) is 3. The van der Waals surface area contributed by atoms with Gasteiger partial charge in [-0.25, -0.2) is 0 Å². The number of methoxy groups -OCH3 is 1. The van der Waals surface area contributed by atoms with Crippen molar-refractivity contribution < 1.29 is 4.74 Å². The summed E-state index contributed by atoms with van der Waals surface area (Å²) < 4.78 is 5.51. The van der Waals surface area contributed by atoms with E-state index < -0.39 is 0 Å². The van der Waals surface area contributed by atoms with E-state index in [9.17, 15) is 5.26 Å². The number of ether oxygens (including phenoxy) is 1. The summed E-state index contributed by atoms with van der Waals surface area (Å²) in [6.45, 7) is 4.46. The normalized spacial score (nSPS) is 38.3. The summed E-state index contributed by atoms with van der Waals surface area (Å²) in [5, 5.41) is 9.37. The van der Waals surface area contributed by atoms with Gasteiger partial charge in [0.05, 0.1) is 18.1 Å². The van der Waals surface area contributed by atoms with Gasteiger partial charge in [-0.1, -0.05) is 13.3 Å². The Hall–Kier alpha value is -0.590. The predicted octanol–water partition coefficient (Wildman–Crippen LogP) is 2.82. The fraction of sp³-hybridized carbons (Fsp3) is 0.933. The lowest BCUT2D eigenvalue weighted by Gasteiger charge is -2.43. The van der Waals surface area contributed by atoms with Crippen LogP contribution in [0, 0.1) is 23.2 Å². The van der Waals surface area contributed by atoms with Crippen molar-refractivity contribution in [2.45, 2.75) is 57.6 Å². The third kappa shape index (κ3) is 3.05. The van der Waals surface area contributed by atoms with Gasteiger partial charge in [-0.3, -0.25) is 4.90 Å². The molecule has 0 aromatic rings. The van der Waals surface area contributed by atoms with Gasteiger partial charge in [-0.05, 0) is 44.6 Å². The van der Waals surface area contributed by atoms with Crippen molar-refractivity contribution in [2.75, 3.05) is 20.2 Å². The molecule has 0 spiro atoms. The molecule has 18 heavy (non-hydrogen) atoms. The Morgan fingerprint density at radius 1 is 1.33 bits per heavy atom. The molecule has 0 radical (unpaired) electrons. The maximum Gasteiger partial charge on any atom is 0.0698 e. The second-order valence-corrected chi connectivity index (χ2v) is 5.89. The molecule has 1 aliphatic carbocycles. The molecule has 1 aliphatic heterocycles. The monoisotopic (exact) mass is 250 g/mol. The first-order valence-electron chi connectivity index (χ1n) is 7.45. The van der Waals surface area contributed by atoms with E-state index in [0.29, 0.717) is 12.1 Å². The lowest BCUT2D eigenvalue weighted by atomic mass is 9.76. The van der Waals surface area contributed by atoms with Gasteiger partial charge >= 0.3 is 0 Å². The molecule has 0 bridgehead atoms. The second-order valence-electron chi connectivity index (χ2n) is 5.89. The molecule has 1 saturated carbocycles. The first-order chi connectivity index (χ1) is 8.78. The first kappa shape index (κ1) is 13.8. The molecule has 3 heteroatoms. The third-order valence-electron chi connectivity index (χ3n) is 4.88. The number of likely N-dealkylation sites (tertiary alicyclic amines) is 1. The van der Waals surface area contributed by atoms with Crippen LogP contribution in [0.25, 0.3) is 0 Å². The van der Waals surface area contributed by atoms with Crippen LogP contribution in [0.3, 0.4) is 0 Å². The molecule has 0 amide bonds. The Morgan fingerprint density at radius 3 is 2.83 bits per heavy atom. The minimum atomic E-state index is 0.239. The van der Waals surface area contributed by atoms with E-state index in [4.69, 9.17) is 4.74 Å². The van der Waals surface area contributed by atoms with Crippen molar-refractivity contribution in [1.29, 1.82) is 5.26 Å². The average molecular weight is 250 g/mol. The smallest absolute Gasteiger partial charge is 0.0698 e. The highest BCUT2D eigenvalue weighted by molar-refractivity contribution is 4.98. The van der Waals surface area contributed by atoms with Gasteiger partial charge in [-0.2, -0.15) is 5.26 Å². The van der Waals surface area contributed by atoms with Crippen LogP contribution >= 0.6 is 0 Å². The van der Waals surface area contributed by atoms with Crippen LogP contribution in [0.1, 0.15) is 45.4 Å². The summed E-state index contributed by atoms with van der Waals surface area (Å²) in [7, 11) is 1.81. The van der Waals surface area contributed by atoms with E-state index >= 15 is 0 Å².